The number of hydrogen-bond donors (Lipinski definition) is 0. The molecule has 1 saturated heterocycles. The molecule has 2 unspecified atom stereocenters. The van der Waals surface area contributed by atoms with E-state index in [0.29, 0.717) is 58.4 Å². The van der Waals surface area contributed by atoms with Crippen LogP contribution in [0.1, 0.15) is 40.6 Å². The fourth-order valence-corrected chi connectivity index (χ4v) is 4.83. The van der Waals surface area contributed by atoms with E-state index in [2.05, 4.69) is 6.58 Å². The van der Waals surface area contributed by atoms with Crippen LogP contribution in [0.15, 0.2) is 58.3 Å². The minimum Gasteiger partial charge on any atom is -0.493 e. The maximum atomic E-state index is 13.7. The van der Waals surface area contributed by atoms with Crippen LogP contribution >= 0.6 is 11.6 Å². The van der Waals surface area contributed by atoms with Crippen molar-refractivity contribution in [2.45, 2.75) is 25.0 Å². The Kier molecular flexibility index (Phi) is 6.06. The molecule has 2 aromatic carbocycles. The summed E-state index contributed by atoms with van der Waals surface area (Å²) >= 11 is 6.15. The Morgan fingerprint density at radius 2 is 2.06 bits per heavy atom. The quantitative estimate of drug-likeness (QED) is 0.453. The lowest BCUT2D eigenvalue weighted by Gasteiger charge is -2.28. The lowest BCUT2D eigenvalue weighted by atomic mass is 9.97. The average molecular weight is 482 g/mol. The molecule has 0 spiro atoms. The van der Waals surface area contributed by atoms with Crippen LogP contribution in [0.2, 0.25) is 5.02 Å². The van der Waals surface area contributed by atoms with Crippen molar-refractivity contribution >= 4 is 28.5 Å². The van der Waals surface area contributed by atoms with E-state index >= 15 is 0 Å². The number of nitrogens with zero attached hydrogens (tertiary/aromatic N) is 1. The first kappa shape index (κ1) is 22.5. The lowest BCUT2D eigenvalue weighted by molar-refractivity contribution is 0.0486. The molecule has 0 saturated carbocycles. The average Bonchev–Trinajstić information content (AvgIpc) is 3.45. The Morgan fingerprint density at radius 1 is 1.21 bits per heavy atom. The number of amides is 1. The van der Waals surface area contributed by atoms with Crippen LogP contribution in [-0.2, 0) is 4.74 Å². The zero-order chi connectivity index (χ0) is 23.8. The van der Waals surface area contributed by atoms with Crippen LogP contribution in [0.4, 0.5) is 0 Å². The molecule has 1 fully saturated rings. The van der Waals surface area contributed by atoms with Gasteiger partial charge in [0.1, 0.15) is 12.2 Å². The molecular weight excluding hydrogens is 458 g/mol. The highest BCUT2D eigenvalue weighted by Crippen LogP contribution is 2.41. The number of methoxy groups -OCH3 is 1. The van der Waals surface area contributed by atoms with Gasteiger partial charge < -0.3 is 23.5 Å². The van der Waals surface area contributed by atoms with Gasteiger partial charge in [-0.25, -0.2) is 0 Å². The number of rotatable bonds is 7. The molecule has 0 radical (unpaired) electrons. The molecule has 0 aliphatic carbocycles. The Labute approximate surface area is 201 Å². The number of ether oxygens (including phenoxy) is 3. The van der Waals surface area contributed by atoms with Gasteiger partial charge in [-0.15, -0.1) is 0 Å². The highest BCUT2D eigenvalue weighted by molar-refractivity contribution is 6.31. The highest BCUT2D eigenvalue weighted by atomic mass is 35.5. The second kappa shape index (κ2) is 9.16. The highest BCUT2D eigenvalue weighted by Gasteiger charge is 2.44. The molecule has 0 N–H and O–H groups in total. The van der Waals surface area contributed by atoms with Crippen LogP contribution in [0.5, 0.6) is 11.5 Å². The van der Waals surface area contributed by atoms with E-state index in [1.54, 1.807) is 48.4 Å². The third-order valence-corrected chi connectivity index (χ3v) is 6.45. The van der Waals surface area contributed by atoms with E-state index < -0.39 is 6.04 Å². The maximum Gasteiger partial charge on any atom is 0.291 e. The molecule has 2 aliphatic rings. The molecule has 0 bridgehead atoms. The Morgan fingerprint density at radius 3 is 2.79 bits per heavy atom. The molecule has 3 heterocycles. The number of fused-ring (bicyclic) bond motifs is 2. The van der Waals surface area contributed by atoms with Crippen molar-refractivity contribution < 1.29 is 23.4 Å². The molecule has 8 heteroatoms. The molecule has 2 atom stereocenters. The van der Waals surface area contributed by atoms with Crippen molar-refractivity contribution in [2.24, 2.45) is 0 Å². The topological polar surface area (TPSA) is 78.2 Å². The summed E-state index contributed by atoms with van der Waals surface area (Å²) in [5.74, 6) is 0.744. The second-order valence-electron chi connectivity index (χ2n) is 8.32. The largest absolute Gasteiger partial charge is 0.493 e. The van der Waals surface area contributed by atoms with Gasteiger partial charge in [0.15, 0.2) is 16.9 Å². The van der Waals surface area contributed by atoms with Gasteiger partial charge in [-0.1, -0.05) is 30.3 Å². The van der Waals surface area contributed by atoms with E-state index in [-0.39, 0.29) is 23.2 Å². The van der Waals surface area contributed by atoms with E-state index in [1.807, 2.05) is 6.07 Å². The predicted octanol–water partition coefficient (Wildman–Crippen LogP) is 4.74. The third-order valence-electron chi connectivity index (χ3n) is 6.21. The van der Waals surface area contributed by atoms with Crippen molar-refractivity contribution in [3.63, 3.8) is 0 Å². The summed E-state index contributed by atoms with van der Waals surface area (Å²) in [4.78, 5) is 28.8. The zero-order valence-corrected chi connectivity index (χ0v) is 19.5. The van der Waals surface area contributed by atoms with E-state index in [4.69, 9.17) is 30.2 Å². The lowest BCUT2D eigenvalue weighted by Crippen LogP contribution is -2.36. The maximum absolute atomic E-state index is 13.7. The molecule has 1 aromatic heterocycles. The van der Waals surface area contributed by atoms with Crippen molar-refractivity contribution in [1.82, 2.24) is 4.90 Å². The molecule has 1 amide bonds. The summed E-state index contributed by atoms with van der Waals surface area (Å²) in [7, 11) is 1.54. The van der Waals surface area contributed by atoms with Gasteiger partial charge in [-0.2, -0.15) is 0 Å². The molecule has 34 heavy (non-hydrogen) atoms. The molecular formula is C26H24ClNO6. The molecule has 5 rings (SSSR count). The standard InChI is InChI=1S/C26H24ClNO6/c1-3-10-33-20-8-6-15(12-21(20)31-2)23-22-24(29)18-13-16(27)7-9-19(18)34-25(22)26(30)28(23)14-17-5-4-11-32-17/h3,6-9,12-13,17,23H,1,4-5,10-11,14H2,2H3. The molecule has 7 nitrogen and oxygen atoms in total. The van der Waals surface area contributed by atoms with Crippen LogP contribution in [-0.4, -0.2) is 43.8 Å². The number of carbonyl (C=O) groups is 1. The van der Waals surface area contributed by atoms with Crippen LogP contribution in [0.3, 0.4) is 0 Å². The number of halogens is 1. The minimum atomic E-state index is -0.659. The van der Waals surface area contributed by atoms with Gasteiger partial charge in [-0.3, -0.25) is 9.59 Å². The summed E-state index contributed by atoms with van der Waals surface area (Å²) in [6, 6.07) is 9.54. The fourth-order valence-electron chi connectivity index (χ4n) is 4.66. The van der Waals surface area contributed by atoms with Crippen molar-refractivity contribution in [2.75, 3.05) is 26.9 Å². The fraction of sp³-hybridized carbons (Fsp3) is 0.308. The summed E-state index contributed by atoms with van der Waals surface area (Å²) in [6.45, 7) is 5.00. The van der Waals surface area contributed by atoms with Crippen LogP contribution in [0.25, 0.3) is 11.0 Å². The first-order chi connectivity index (χ1) is 16.5. The predicted molar refractivity (Wildman–Crippen MR) is 128 cm³/mol. The van der Waals surface area contributed by atoms with Gasteiger partial charge in [0.05, 0.1) is 30.2 Å². The molecule has 2 aliphatic heterocycles. The Bertz CT molecular complexity index is 1330. The number of carbonyl (C=O) groups excluding carboxylic acids is 1. The van der Waals surface area contributed by atoms with E-state index in [9.17, 15) is 9.59 Å². The summed E-state index contributed by atoms with van der Waals surface area (Å²) in [5, 5.41) is 0.753. The smallest absolute Gasteiger partial charge is 0.291 e. The van der Waals surface area contributed by atoms with Crippen molar-refractivity contribution in [3.05, 3.63) is 81.2 Å². The number of hydrogen-bond acceptors (Lipinski definition) is 6. The Balaban J connectivity index is 1.67. The first-order valence-corrected chi connectivity index (χ1v) is 11.5. The third kappa shape index (κ3) is 3.85. The summed E-state index contributed by atoms with van der Waals surface area (Å²) in [5.41, 5.74) is 1.05. The number of benzene rings is 2. The van der Waals surface area contributed by atoms with Crippen molar-refractivity contribution in [3.8, 4) is 11.5 Å². The van der Waals surface area contributed by atoms with E-state index in [1.165, 1.54) is 0 Å². The van der Waals surface area contributed by atoms with Gasteiger partial charge >= 0.3 is 0 Å². The van der Waals surface area contributed by atoms with E-state index in [0.717, 1.165) is 12.8 Å². The van der Waals surface area contributed by atoms with Gasteiger partial charge in [0.2, 0.25) is 5.76 Å². The Hall–Kier alpha value is -3.29. The first-order valence-electron chi connectivity index (χ1n) is 11.1. The van der Waals surface area contributed by atoms with Gasteiger partial charge in [0, 0.05) is 18.2 Å². The summed E-state index contributed by atoms with van der Waals surface area (Å²) < 4.78 is 23.0. The van der Waals surface area contributed by atoms with Crippen LogP contribution < -0.4 is 14.9 Å². The van der Waals surface area contributed by atoms with Crippen molar-refractivity contribution in [1.29, 1.82) is 0 Å². The minimum absolute atomic E-state index is 0.0498. The zero-order valence-electron chi connectivity index (χ0n) is 18.7. The van der Waals surface area contributed by atoms with Gasteiger partial charge in [0.25, 0.3) is 5.91 Å². The van der Waals surface area contributed by atoms with Gasteiger partial charge in [-0.05, 0) is 48.7 Å². The monoisotopic (exact) mass is 481 g/mol. The molecule has 176 valence electrons. The summed E-state index contributed by atoms with van der Waals surface area (Å²) in [6.07, 6.45) is 3.33. The second-order valence-corrected chi connectivity index (χ2v) is 8.76. The SMILES string of the molecule is C=CCOc1ccc(C2c3c(oc4ccc(Cl)cc4c3=O)C(=O)N2CC2CCCO2)cc1OC. The molecule has 3 aromatic rings. The van der Waals surface area contributed by atoms with Crippen LogP contribution in [0, 0.1) is 0 Å². The normalized spacial score (nSPS) is 19.5.